The number of alkyl carbamates (subject to hydrolysis) is 1. The maximum absolute atomic E-state index is 11.8. The van der Waals surface area contributed by atoms with Crippen LogP contribution in [0, 0.1) is 0 Å². The summed E-state index contributed by atoms with van der Waals surface area (Å²) >= 11 is 9.56. The summed E-state index contributed by atoms with van der Waals surface area (Å²) in [6.45, 7) is 8.88. The fourth-order valence-corrected chi connectivity index (χ4v) is 2.56. The highest BCUT2D eigenvalue weighted by molar-refractivity contribution is 9.10. The van der Waals surface area contributed by atoms with Crippen molar-refractivity contribution in [3.8, 4) is 0 Å². The largest absolute Gasteiger partial charge is 0.444 e. The maximum atomic E-state index is 11.8. The Morgan fingerprint density at radius 2 is 2.09 bits per heavy atom. The number of ether oxygens (including phenoxy) is 1. The molecule has 0 aromatic heterocycles. The van der Waals surface area contributed by atoms with Gasteiger partial charge in [0, 0.05) is 28.6 Å². The van der Waals surface area contributed by atoms with Crippen LogP contribution in [0.15, 0.2) is 22.7 Å². The van der Waals surface area contributed by atoms with Crippen molar-refractivity contribution in [2.24, 2.45) is 0 Å². The van der Waals surface area contributed by atoms with Crippen LogP contribution in [0.2, 0.25) is 5.02 Å². The first-order valence-corrected chi connectivity index (χ1v) is 8.52. The second-order valence-electron chi connectivity index (χ2n) is 6.12. The van der Waals surface area contributed by atoms with Crippen molar-refractivity contribution in [3.63, 3.8) is 0 Å². The Hall–Kier alpha value is -0.780. The number of nitrogens with one attached hydrogen (secondary N) is 2. The molecule has 2 N–H and O–H groups in total. The van der Waals surface area contributed by atoms with E-state index in [1.165, 1.54) is 0 Å². The van der Waals surface area contributed by atoms with Gasteiger partial charge in [-0.1, -0.05) is 40.5 Å². The van der Waals surface area contributed by atoms with E-state index < -0.39 is 5.60 Å². The molecular weight excluding hydrogens is 368 g/mol. The first kappa shape index (κ1) is 19.3. The molecule has 0 aliphatic rings. The van der Waals surface area contributed by atoms with Gasteiger partial charge in [-0.15, -0.1) is 0 Å². The van der Waals surface area contributed by atoms with Gasteiger partial charge in [0.1, 0.15) is 5.60 Å². The second-order valence-corrected chi connectivity index (χ2v) is 7.44. The zero-order valence-electron chi connectivity index (χ0n) is 13.5. The molecule has 124 valence electrons. The van der Waals surface area contributed by atoms with Crippen molar-refractivity contribution in [1.82, 2.24) is 10.6 Å². The van der Waals surface area contributed by atoms with Crippen LogP contribution < -0.4 is 10.6 Å². The topological polar surface area (TPSA) is 50.4 Å². The van der Waals surface area contributed by atoms with Gasteiger partial charge in [0.15, 0.2) is 0 Å². The molecule has 1 amide bonds. The molecule has 0 saturated carbocycles. The van der Waals surface area contributed by atoms with Gasteiger partial charge in [-0.05, 0) is 44.9 Å². The zero-order chi connectivity index (χ0) is 16.8. The Morgan fingerprint density at radius 1 is 1.41 bits per heavy atom. The van der Waals surface area contributed by atoms with Crippen LogP contribution >= 0.6 is 27.5 Å². The van der Waals surface area contributed by atoms with Gasteiger partial charge in [-0.2, -0.15) is 0 Å². The first-order valence-electron chi connectivity index (χ1n) is 7.35. The molecule has 22 heavy (non-hydrogen) atoms. The van der Waals surface area contributed by atoms with E-state index in [1.54, 1.807) is 0 Å². The highest BCUT2D eigenvalue weighted by Crippen LogP contribution is 2.21. The van der Waals surface area contributed by atoms with Crippen LogP contribution in [0.4, 0.5) is 4.79 Å². The average Bonchev–Trinajstić information content (AvgIpc) is 2.37. The standard InChI is InChI=1S/C16H24BrClN2O2/c1-5-13(20-15(21)22-16(2,3)4)10-19-9-11-6-7-12(17)8-14(11)18/h6-8,13,19H,5,9-10H2,1-4H3,(H,20,21). The Labute approximate surface area is 146 Å². The molecule has 0 bridgehead atoms. The third-order valence-corrected chi connectivity index (χ3v) is 3.78. The minimum atomic E-state index is -0.485. The van der Waals surface area contributed by atoms with Crippen LogP contribution in [-0.2, 0) is 11.3 Å². The maximum Gasteiger partial charge on any atom is 0.407 e. The van der Waals surface area contributed by atoms with Crippen molar-refractivity contribution in [3.05, 3.63) is 33.3 Å². The van der Waals surface area contributed by atoms with Crippen molar-refractivity contribution in [2.45, 2.75) is 52.3 Å². The summed E-state index contributed by atoms with van der Waals surface area (Å²) in [5.41, 5.74) is 0.540. The van der Waals surface area contributed by atoms with Crippen LogP contribution in [0.5, 0.6) is 0 Å². The molecule has 4 nitrogen and oxygen atoms in total. The lowest BCUT2D eigenvalue weighted by molar-refractivity contribution is 0.0502. The molecule has 0 radical (unpaired) electrons. The predicted octanol–water partition coefficient (Wildman–Crippen LogP) is 4.50. The Morgan fingerprint density at radius 3 is 2.64 bits per heavy atom. The monoisotopic (exact) mass is 390 g/mol. The molecule has 1 rings (SSSR count). The first-order chi connectivity index (χ1) is 10.2. The lowest BCUT2D eigenvalue weighted by Gasteiger charge is -2.23. The van der Waals surface area contributed by atoms with Crippen LogP contribution in [-0.4, -0.2) is 24.3 Å². The Balaban J connectivity index is 2.42. The summed E-state index contributed by atoms with van der Waals surface area (Å²) in [6.07, 6.45) is 0.433. The SMILES string of the molecule is CCC(CNCc1ccc(Br)cc1Cl)NC(=O)OC(C)(C)C. The van der Waals surface area contributed by atoms with E-state index >= 15 is 0 Å². The molecule has 0 aliphatic carbocycles. The number of rotatable bonds is 6. The number of carbonyl (C=O) groups is 1. The summed E-state index contributed by atoms with van der Waals surface area (Å²) in [4.78, 5) is 11.8. The van der Waals surface area contributed by atoms with Crippen molar-refractivity contribution < 1.29 is 9.53 Å². The molecular formula is C16H24BrClN2O2. The molecule has 0 heterocycles. The van der Waals surface area contributed by atoms with Crippen molar-refractivity contribution >= 4 is 33.6 Å². The molecule has 0 aliphatic heterocycles. The van der Waals surface area contributed by atoms with Crippen LogP contribution in [0.1, 0.15) is 39.7 Å². The quantitative estimate of drug-likeness (QED) is 0.751. The molecule has 1 aromatic carbocycles. The third-order valence-electron chi connectivity index (χ3n) is 2.93. The van der Waals surface area contributed by atoms with Gasteiger partial charge in [0.05, 0.1) is 0 Å². The van der Waals surface area contributed by atoms with Gasteiger partial charge in [0.2, 0.25) is 0 Å². The smallest absolute Gasteiger partial charge is 0.407 e. The molecule has 0 spiro atoms. The van der Waals surface area contributed by atoms with E-state index in [-0.39, 0.29) is 12.1 Å². The molecule has 1 unspecified atom stereocenters. The van der Waals surface area contributed by atoms with Gasteiger partial charge < -0.3 is 15.4 Å². The molecule has 0 saturated heterocycles. The molecule has 0 fully saturated rings. The Bertz CT molecular complexity index is 503. The van der Waals surface area contributed by atoms with Gasteiger partial charge in [0.25, 0.3) is 0 Å². The normalized spacial score (nSPS) is 12.8. The van der Waals surface area contributed by atoms with E-state index in [0.717, 1.165) is 21.5 Å². The van der Waals surface area contributed by atoms with Crippen molar-refractivity contribution in [2.75, 3.05) is 6.54 Å². The fourth-order valence-electron chi connectivity index (χ4n) is 1.82. The van der Waals surface area contributed by atoms with E-state index in [9.17, 15) is 4.79 Å². The van der Waals surface area contributed by atoms with E-state index in [1.807, 2.05) is 45.9 Å². The minimum absolute atomic E-state index is 0.0177. The highest BCUT2D eigenvalue weighted by Gasteiger charge is 2.18. The highest BCUT2D eigenvalue weighted by atomic mass is 79.9. The lowest BCUT2D eigenvalue weighted by atomic mass is 10.2. The number of carbonyl (C=O) groups excluding carboxylic acids is 1. The molecule has 6 heteroatoms. The van der Waals surface area contributed by atoms with E-state index in [4.69, 9.17) is 16.3 Å². The number of halogens is 2. The summed E-state index contributed by atoms with van der Waals surface area (Å²) in [7, 11) is 0. The fraction of sp³-hybridized carbons (Fsp3) is 0.562. The average molecular weight is 392 g/mol. The number of hydrogen-bond donors (Lipinski definition) is 2. The van der Waals surface area contributed by atoms with Crippen molar-refractivity contribution in [1.29, 1.82) is 0 Å². The number of amides is 1. The van der Waals surface area contributed by atoms with Crippen LogP contribution in [0.25, 0.3) is 0 Å². The van der Waals surface area contributed by atoms with Crippen LogP contribution in [0.3, 0.4) is 0 Å². The van der Waals surface area contributed by atoms with Gasteiger partial charge in [-0.3, -0.25) is 0 Å². The predicted molar refractivity (Wildman–Crippen MR) is 94.3 cm³/mol. The molecule has 1 atom stereocenters. The minimum Gasteiger partial charge on any atom is -0.444 e. The summed E-state index contributed by atoms with van der Waals surface area (Å²) in [6, 6.07) is 5.82. The van der Waals surface area contributed by atoms with Gasteiger partial charge >= 0.3 is 6.09 Å². The summed E-state index contributed by atoms with van der Waals surface area (Å²) in [5.74, 6) is 0. The molecule has 1 aromatic rings. The third kappa shape index (κ3) is 7.47. The summed E-state index contributed by atoms with van der Waals surface area (Å²) < 4.78 is 6.22. The van der Waals surface area contributed by atoms with Gasteiger partial charge in [-0.25, -0.2) is 4.79 Å². The van der Waals surface area contributed by atoms with E-state index in [0.29, 0.717) is 13.1 Å². The van der Waals surface area contributed by atoms with E-state index in [2.05, 4.69) is 26.6 Å². The Kier molecular flexibility index (Phi) is 7.66. The zero-order valence-corrected chi connectivity index (χ0v) is 15.8. The second kappa shape index (κ2) is 8.75. The number of benzene rings is 1. The number of hydrogen-bond acceptors (Lipinski definition) is 3. The summed E-state index contributed by atoms with van der Waals surface area (Å²) in [5, 5.41) is 6.90. The lowest BCUT2D eigenvalue weighted by Crippen LogP contribution is -2.43.